The minimum atomic E-state index is 0.284. The van der Waals surface area contributed by atoms with Crippen molar-refractivity contribution in [3.05, 3.63) is 29.8 Å². The van der Waals surface area contributed by atoms with Gasteiger partial charge in [0.15, 0.2) is 0 Å². The summed E-state index contributed by atoms with van der Waals surface area (Å²) in [5, 5.41) is 0. The third kappa shape index (κ3) is 4.71. The number of carbonyl (C=O) groups is 1. The van der Waals surface area contributed by atoms with E-state index in [9.17, 15) is 4.79 Å². The second-order valence-electron chi connectivity index (χ2n) is 3.62. The molecule has 1 aromatic rings. The number of hydrogen-bond donors (Lipinski definition) is 0. The second kappa shape index (κ2) is 7.34. The van der Waals surface area contributed by atoms with E-state index < -0.39 is 0 Å². The average molecular weight is 238 g/mol. The third-order valence-corrected chi connectivity index (χ3v) is 3.37. The molecule has 0 spiro atoms. The topological polar surface area (TPSA) is 26.3 Å². The van der Waals surface area contributed by atoms with Crippen LogP contribution in [0.2, 0.25) is 0 Å². The highest BCUT2D eigenvalue weighted by Crippen LogP contribution is 2.14. The summed E-state index contributed by atoms with van der Waals surface area (Å²) in [5.41, 5.74) is 1.03. The van der Waals surface area contributed by atoms with Crippen LogP contribution in [0.4, 0.5) is 0 Å². The lowest BCUT2D eigenvalue weighted by atomic mass is 10.1. The van der Waals surface area contributed by atoms with Gasteiger partial charge in [-0.15, -0.1) is 0 Å². The van der Waals surface area contributed by atoms with Crippen molar-refractivity contribution < 1.29 is 9.53 Å². The summed E-state index contributed by atoms with van der Waals surface area (Å²) in [6.45, 7) is 2.12. The summed E-state index contributed by atoms with van der Waals surface area (Å²) in [6, 6.07) is 7.69. The number of rotatable bonds is 7. The number of Topliss-reactive ketones (excluding diaryl/α,β-unsaturated/α-hetero) is 1. The van der Waals surface area contributed by atoms with Crippen LogP contribution in [0.25, 0.3) is 0 Å². The zero-order valence-corrected chi connectivity index (χ0v) is 10.7. The molecule has 0 N–H and O–H groups in total. The van der Waals surface area contributed by atoms with Crippen molar-refractivity contribution in [2.75, 3.05) is 18.6 Å². The lowest BCUT2D eigenvalue weighted by Gasteiger charge is -2.03. The molecule has 0 radical (unpaired) electrons. The maximum Gasteiger partial charge on any atom is 0.147 e. The Balaban J connectivity index is 2.43. The van der Waals surface area contributed by atoms with Crippen LogP contribution in [-0.4, -0.2) is 24.4 Å². The van der Waals surface area contributed by atoms with Gasteiger partial charge in [0.05, 0.1) is 12.9 Å². The third-order valence-electron chi connectivity index (χ3n) is 2.15. The average Bonchev–Trinajstić information content (AvgIpc) is 2.29. The van der Waals surface area contributed by atoms with Gasteiger partial charge in [-0.05, 0) is 29.9 Å². The van der Waals surface area contributed by atoms with Gasteiger partial charge >= 0.3 is 0 Å². The number of benzene rings is 1. The SMILES string of the molecule is CCCSCC(=O)Cc1cccc(OC)c1. The minimum absolute atomic E-state index is 0.284. The van der Waals surface area contributed by atoms with Crippen molar-refractivity contribution in [1.82, 2.24) is 0 Å². The summed E-state index contributed by atoms with van der Waals surface area (Å²) in [6.07, 6.45) is 1.63. The normalized spacial score (nSPS) is 10.1. The highest BCUT2D eigenvalue weighted by molar-refractivity contribution is 7.99. The first-order valence-electron chi connectivity index (χ1n) is 5.48. The first-order valence-corrected chi connectivity index (χ1v) is 6.64. The molecule has 0 aliphatic carbocycles. The molecule has 0 fully saturated rings. The van der Waals surface area contributed by atoms with Crippen LogP contribution in [0.5, 0.6) is 5.75 Å². The largest absolute Gasteiger partial charge is 0.497 e. The van der Waals surface area contributed by atoms with Gasteiger partial charge in [0.2, 0.25) is 0 Å². The van der Waals surface area contributed by atoms with Crippen LogP contribution in [-0.2, 0) is 11.2 Å². The lowest BCUT2D eigenvalue weighted by Crippen LogP contribution is -2.06. The van der Waals surface area contributed by atoms with Crippen molar-refractivity contribution in [1.29, 1.82) is 0 Å². The first kappa shape index (κ1) is 13.1. The molecule has 2 nitrogen and oxygen atoms in total. The van der Waals surface area contributed by atoms with E-state index in [1.165, 1.54) is 0 Å². The molecule has 0 unspecified atom stereocenters. The lowest BCUT2D eigenvalue weighted by molar-refractivity contribution is -0.116. The molecule has 0 aliphatic heterocycles. The Morgan fingerprint density at radius 2 is 2.25 bits per heavy atom. The van der Waals surface area contributed by atoms with Crippen LogP contribution in [0.15, 0.2) is 24.3 Å². The first-order chi connectivity index (χ1) is 7.76. The van der Waals surface area contributed by atoms with E-state index in [0.29, 0.717) is 12.2 Å². The molecular weight excluding hydrogens is 220 g/mol. The van der Waals surface area contributed by atoms with Crippen LogP contribution in [0, 0.1) is 0 Å². The molecule has 0 saturated heterocycles. The van der Waals surface area contributed by atoms with Crippen LogP contribution in [0.1, 0.15) is 18.9 Å². The van der Waals surface area contributed by atoms with Crippen molar-refractivity contribution in [3.8, 4) is 5.75 Å². The van der Waals surface area contributed by atoms with Crippen molar-refractivity contribution in [2.24, 2.45) is 0 Å². The highest BCUT2D eigenvalue weighted by Gasteiger charge is 2.04. The molecule has 0 amide bonds. The van der Waals surface area contributed by atoms with E-state index >= 15 is 0 Å². The van der Waals surface area contributed by atoms with Gasteiger partial charge in [0.25, 0.3) is 0 Å². The quantitative estimate of drug-likeness (QED) is 0.683. The van der Waals surface area contributed by atoms with E-state index in [1.807, 2.05) is 24.3 Å². The fourth-order valence-corrected chi connectivity index (χ4v) is 2.15. The predicted octanol–water partition coefficient (Wildman–Crippen LogP) is 2.95. The molecule has 0 bridgehead atoms. The monoisotopic (exact) mass is 238 g/mol. The fraction of sp³-hybridized carbons (Fsp3) is 0.462. The van der Waals surface area contributed by atoms with Crippen molar-refractivity contribution in [3.63, 3.8) is 0 Å². The number of ketones is 1. The van der Waals surface area contributed by atoms with E-state index in [0.717, 1.165) is 23.5 Å². The number of thioether (sulfide) groups is 1. The van der Waals surface area contributed by atoms with Gasteiger partial charge in [0, 0.05) is 6.42 Å². The standard InChI is InChI=1S/C13H18O2S/c1-3-7-16-10-12(14)8-11-5-4-6-13(9-11)15-2/h4-6,9H,3,7-8,10H2,1-2H3. The van der Waals surface area contributed by atoms with Crippen molar-refractivity contribution >= 4 is 17.5 Å². The molecule has 0 aliphatic rings. The Bertz CT molecular complexity index is 336. The Hall–Kier alpha value is -0.960. The maximum atomic E-state index is 11.6. The molecule has 1 aromatic carbocycles. The summed E-state index contributed by atoms with van der Waals surface area (Å²) < 4.78 is 5.12. The van der Waals surface area contributed by atoms with Gasteiger partial charge in [-0.1, -0.05) is 19.1 Å². The summed E-state index contributed by atoms with van der Waals surface area (Å²) >= 11 is 1.71. The minimum Gasteiger partial charge on any atom is -0.497 e. The van der Waals surface area contributed by atoms with Crippen molar-refractivity contribution in [2.45, 2.75) is 19.8 Å². The number of ether oxygens (including phenoxy) is 1. The number of methoxy groups -OCH3 is 1. The smallest absolute Gasteiger partial charge is 0.147 e. The number of carbonyl (C=O) groups excluding carboxylic acids is 1. The molecule has 88 valence electrons. The molecule has 16 heavy (non-hydrogen) atoms. The van der Waals surface area contributed by atoms with Crippen LogP contribution in [0.3, 0.4) is 0 Å². The van der Waals surface area contributed by atoms with E-state index in [2.05, 4.69) is 6.92 Å². The molecule has 3 heteroatoms. The Morgan fingerprint density at radius 3 is 2.94 bits per heavy atom. The zero-order valence-electron chi connectivity index (χ0n) is 9.86. The van der Waals surface area contributed by atoms with Gasteiger partial charge in [0.1, 0.15) is 11.5 Å². The van der Waals surface area contributed by atoms with Gasteiger partial charge in [-0.3, -0.25) is 4.79 Å². The van der Waals surface area contributed by atoms with Crippen LogP contribution >= 0.6 is 11.8 Å². The highest BCUT2D eigenvalue weighted by atomic mass is 32.2. The maximum absolute atomic E-state index is 11.6. The number of hydrogen-bond acceptors (Lipinski definition) is 3. The Labute approximate surface area is 101 Å². The second-order valence-corrected chi connectivity index (χ2v) is 4.72. The van der Waals surface area contributed by atoms with Gasteiger partial charge < -0.3 is 4.74 Å². The van der Waals surface area contributed by atoms with E-state index in [1.54, 1.807) is 18.9 Å². The van der Waals surface area contributed by atoms with E-state index in [4.69, 9.17) is 4.74 Å². The molecule has 0 atom stereocenters. The zero-order chi connectivity index (χ0) is 11.8. The molecule has 1 rings (SSSR count). The summed E-state index contributed by atoms with van der Waals surface area (Å²) in [4.78, 5) is 11.6. The molecular formula is C13H18O2S. The molecule has 0 saturated carbocycles. The van der Waals surface area contributed by atoms with Gasteiger partial charge in [-0.2, -0.15) is 11.8 Å². The summed E-state index contributed by atoms with van der Waals surface area (Å²) in [7, 11) is 1.64. The van der Waals surface area contributed by atoms with E-state index in [-0.39, 0.29) is 5.78 Å². The Kier molecular flexibility index (Phi) is 6.01. The summed E-state index contributed by atoms with van der Waals surface area (Å²) in [5.74, 6) is 2.77. The van der Waals surface area contributed by atoms with Gasteiger partial charge in [-0.25, -0.2) is 0 Å². The van der Waals surface area contributed by atoms with Crippen LogP contribution < -0.4 is 4.74 Å². The molecule has 0 aromatic heterocycles. The molecule has 0 heterocycles. The predicted molar refractivity (Wildman–Crippen MR) is 69.3 cm³/mol. The fourth-order valence-electron chi connectivity index (χ4n) is 1.39. The Morgan fingerprint density at radius 1 is 1.44 bits per heavy atom.